The van der Waals surface area contributed by atoms with Crippen LogP contribution in [0.5, 0.6) is 0 Å². The molecule has 5 nitrogen and oxygen atoms in total. The second-order valence-corrected chi connectivity index (χ2v) is 6.20. The van der Waals surface area contributed by atoms with Crippen LogP contribution in [0, 0.1) is 5.92 Å². The molecular formula is C19H29NO4. The van der Waals surface area contributed by atoms with Crippen LogP contribution in [-0.2, 0) is 25.5 Å². The zero-order valence-electron chi connectivity index (χ0n) is 15.2. The molecule has 0 aromatic heterocycles. The molecule has 1 aromatic rings. The van der Waals surface area contributed by atoms with Gasteiger partial charge in [-0.05, 0) is 25.8 Å². The summed E-state index contributed by atoms with van der Waals surface area (Å²) in [5.74, 6) is -0.631. The number of methoxy groups -OCH3 is 1. The Morgan fingerprint density at radius 3 is 2.38 bits per heavy atom. The van der Waals surface area contributed by atoms with Crippen LogP contribution in [-0.4, -0.2) is 49.7 Å². The lowest BCUT2D eigenvalue weighted by atomic mass is 10.1. The molecule has 1 unspecified atom stereocenters. The summed E-state index contributed by atoms with van der Waals surface area (Å²) in [4.78, 5) is 26.0. The first-order valence-electron chi connectivity index (χ1n) is 8.45. The van der Waals surface area contributed by atoms with E-state index in [9.17, 15) is 9.59 Å². The van der Waals surface area contributed by atoms with Gasteiger partial charge in [0.15, 0.2) is 0 Å². The van der Waals surface area contributed by atoms with Crippen LogP contribution < -0.4 is 0 Å². The summed E-state index contributed by atoms with van der Waals surface area (Å²) in [6.45, 7) is 7.27. The number of rotatable bonds is 10. The molecule has 0 saturated heterocycles. The third-order valence-corrected chi connectivity index (χ3v) is 3.67. The lowest BCUT2D eigenvalue weighted by Crippen LogP contribution is -2.39. The molecule has 134 valence electrons. The summed E-state index contributed by atoms with van der Waals surface area (Å²) >= 11 is 0. The number of carbonyl (C=O) groups is 2. The SMILES string of the molecule is COC(=O)C(C)CN(CCCOC(C)C)C(=O)Cc1ccccc1. The number of hydrogen-bond acceptors (Lipinski definition) is 4. The molecule has 1 rings (SSSR count). The molecule has 0 saturated carbocycles. The smallest absolute Gasteiger partial charge is 0.310 e. The van der Waals surface area contributed by atoms with Crippen molar-refractivity contribution in [3.63, 3.8) is 0 Å². The third-order valence-electron chi connectivity index (χ3n) is 3.67. The highest BCUT2D eigenvalue weighted by Gasteiger charge is 2.21. The molecule has 0 fully saturated rings. The standard InChI is InChI=1S/C19H29NO4/c1-15(2)24-12-8-11-20(14-16(3)19(22)23-4)18(21)13-17-9-6-5-7-10-17/h5-7,9-10,15-16H,8,11-14H2,1-4H3. The molecule has 0 aliphatic heterocycles. The van der Waals surface area contributed by atoms with Crippen LogP contribution in [0.3, 0.4) is 0 Å². The zero-order chi connectivity index (χ0) is 17.9. The van der Waals surface area contributed by atoms with Gasteiger partial charge in [-0.15, -0.1) is 0 Å². The van der Waals surface area contributed by atoms with Gasteiger partial charge in [0.1, 0.15) is 0 Å². The monoisotopic (exact) mass is 335 g/mol. The van der Waals surface area contributed by atoms with Crippen LogP contribution in [0.4, 0.5) is 0 Å². The maximum absolute atomic E-state index is 12.6. The van der Waals surface area contributed by atoms with Crippen LogP contribution >= 0.6 is 0 Å². The minimum Gasteiger partial charge on any atom is -0.469 e. The van der Waals surface area contributed by atoms with Gasteiger partial charge < -0.3 is 14.4 Å². The van der Waals surface area contributed by atoms with Gasteiger partial charge in [0.2, 0.25) is 5.91 Å². The van der Waals surface area contributed by atoms with Crippen molar-refractivity contribution in [1.82, 2.24) is 4.90 Å². The normalized spacial score (nSPS) is 12.0. The van der Waals surface area contributed by atoms with Crippen molar-refractivity contribution >= 4 is 11.9 Å². The Kier molecular flexibility index (Phi) is 9.08. The van der Waals surface area contributed by atoms with E-state index in [0.29, 0.717) is 26.1 Å². The lowest BCUT2D eigenvalue weighted by Gasteiger charge is -2.25. The number of nitrogens with zero attached hydrogens (tertiary/aromatic N) is 1. The van der Waals surface area contributed by atoms with E-state index >= 15 is 0 Å². The van der Waals surface area contributed by atoms with Crippen LogP contribution in [0.1, 0.15) is 32.8 Å². The molecule has 0 spiro atoms. The van der Waals surface area contributed by atoms with Gasteiger partial charge in [0.05, 0.1) is 25.6 Å². The Morgan fingerprint density at radius 1 is 1.12 bits per heavy atom. The number of esters is 1. The van der Waals surface area contributed by atoms with Crippen LogP contribution in [0.15, 0.2) is 30.3 Å². The van der Waals surface area contributed by atoms with Gasteiger partial charge in [0, 0.05) is 19.7 Å². The minimum absolute atomic E-state index is 0.0153. The Hall–Kier alpha value is -1.88. The molecular weight excluding hydrogens is 306 g/mol. The maximum atomic E-state index is 12.6. The number of carbonyl (C=O) groups excluding carboxylic acids is 2. The van der Waals surface area contributed by atoms with Gasteiger partial charge in [-0.3, -0.25) is 9.59 Å². The summed E-state index contributed by atoms with van der Waals surface area (Å²) in [5.41, 5.74) is 0.969. The van der Waals surface area contributed by atoms with Gasteiger partial charge >= 0.3 is 5.97 Å². The molecule has 24 heavy (non-hydrogen) atoms. The summed E-state index contributed by atoms with van der Waals surface area (Å²) in [6.07, 6.45) is 1.25. The van der Waals surface area contributed by atoms with E-state index in [-0.39, 0.29) is 23.9 Å². The average molecular weight is 335 g/mol. The van der Waals surface area contributed by atoms with E-state index in [1.165, 1.54) is 7.11 Å². The van der Waals surface area contributed by atoms with Crippen molar-refractivity contribution in [2.45, 2.75) is 39.7 Å². The van der Waals surface area contributed by atoms with Crippen molar-refractivity contribution in [3.8, 4) is 0 Å². The van der Waals surface area contributed by atoms with E-state index < -0.39 is 0 Å². The molecule has 5 heteroatoms. The first-order valence-corrected chi connectivity index (χ1v) is 8.45. The lowest BCUT2D eigenvalue weighted by molar-refractivity contribution is -0.146. The zero-order valence-corrected chi connectivity index (χ0v) is 15.2. The van der Waals surface area contributed by atoms with Crippen molar-refractivity contribution in [1.29, 1.82) is 0 Å². The first kappa shape index (κ1) is 20.2. The fourth-order valence-electron chi connectivity index (χ4n) is 2.38. The maximum Gasteiger partial charge on any atom is 0.310 e. The summed E-state index contributed by atoms with van der Waals surface area (Å²) < 4.78 is 10.3. The van der Waals surface area contributed by atoms with Crippen molar-refractivity contribution in [2.24, 2.45) is 5.92 Å². The van der Waals surface area contributed by atoms with E-state index in [1.54, 1.807) is 11.8 Å². The van der Waals surface area contributed by atoms with Crippen LogP contribution in [0.2, 0.25) is 0 Å². The molecule has 0 N–H and O–H groups in total. The van der Waals surface area contributed by atoms with Crippen molar-refractivity contribution in [3.05, 3.63) is 35.9 Å². The quantitative estimate of drug-likeness (QED) is 0.487. The second-order valence-electron chi connectivity index (χ2n) is 6.20. The highest BCUT2D eigenvalue weighted by Crippen LogP contribution is 2.08. The van der Waals surface area contributed by atoms with Gasteiger partial charge in [0.25, 0.3) is 0 Å². The summed E-state index contributed by atoms with van der Waals surface area (Å²) in [6, 6.07) is 9.62. The Bertz CT molecular complexity index is 501. The summed E-state index contributed by atoms with van der Waals surface area (Å²) in [5, 5.41) is 0. The van der Waals surface area contributed by atoms with Crippen molar-refractivity contribution in [2.75, 3.05) is 26.8 Å². The predicted octanol–water partition coefficient (Wildman–Crippen LogP) is 2.68. The van der Waals surface area contributed by atoms with E-state index in [4.69, 9.17) is 9.47 Å². The fraction of sp³-hybridized carbons (Fsp3) is 0.579. The van der Waals surface area contributed by atoms with Crippen molar-refractivity contribution < 1.29 is 19.1 Å². The minimum atomic E-state index is -0.347. The highest BCUT2D eigenvalue weighted by molar-refractivity contribution is 5.80. The molecule has 1 atom stereocenters. The van der Waals surface area contributed by atoms with Gasteiger partial charge in [-0.1, -0.05) is 37.3 Å². The first-order chi connectivity index (χ1) is 11.4. The fourth-order valence-corrected chi connectivity index (χ4v) is 2.38. The molecule has 1 aromatic carbocycles. The van der Waals surface area contributed by atoms with Gasteiger partial charge in [-0.2, -0.15) is 0 Å². The molecule has 0 aliphatic carbocycles. The molecule has 0 aliphatic rings. The molecule has 0 heterocycles. The Labute approximate surface area is 144 Å². The summed E-state index contributed by atoms with van der Waals surface area (Å²) in [7, 11) is 1.37. The second kappa shape index (κ2) is 10.8. The largest absolute Gasteiger partial charge is 0.469 e. The molecule has 1 amide bonds. The number of benzene rings is 1. The van der Waals surface area contributed by atoms with E-state index in [1.807, 2.05) is 44.2 Å². The van der Waals surface area contributed by atoms with Gasteiger partial charge in [-0.25, -0.2) is 0 Å². The number of amides is 1. The third kappa shape index (κ3) is 7.59. The molecule has 0 radical (unpaired) electrons. The Balaban J connectivity index is 2.64. The van der Waals surface area contributed by atoms with E-state index in [2.05, 4.69) is 0 Å². The highest BCUT2D eigenvalue weighted by atomic mass is 16.5. The average Bonchev–Trinajstić information content (AvgIpc) is 2.57. The Morgan fingerprint density at radius 2 is 1.79 bits per heavy atom. The topological polar surface area (TPSA) is 55.8 Å². The van der Waals surface area contributed by atoms with Crippen LogP contribution in [0.25, 0.3) is 0 Å². The van der Waals surface area contributed by atoms with E-state index in [0.717, 1.165) is 12.0 Å². The molecule has 0 bridgehead atoms. The predicted molar refractivity (Wildman–Crippen MR) is 93.6 cm³/mol. The number of hydrogen-bond donors (Lipinski definition) is 0. The number of ether oxygens (including phenoxy) is 2.